The van der Waals surface area contributed by atoms with Crippen LogP contribution in [0.5, 0.6) is 0 Å². The predicted octanol–water partition coefficient (Wildman–Crippen LogP) is 1.25. The minimum atomic E-state index is -0.440. The number of aromatic nitrogens is 3. The highest BCUT2D eigenvalue weighted by Gasteiger charge is 2.14. The maximum atomic E-state index is 11.6. The molecule has 0 bridgehead atoms. The van der Waals surface area contributed by atoms with Gasteiger partial charge in [0.05, 0.1) is 11.1 Å². The Balaban J connectivity index is 3.15. The fraction of sp³-hybridized carbons (Fsp3) is 0.222. The summed E-state index contributed by atoms with van der Waals surface area (Å²) in [4.78, 5) is 19.5. The van der Waals surface area contributed by atoms with E-state index in [1.807, 2.05) is 6.92 Å². The summed E-state index contributed by atoms with van der Waals surface area (Å²) >= 11 is 2.07. The van der Waals surface area contributed by atoms with Gasteiger partial charge < -0.3 is 5.21 Å². The van der Waals surface area contributed by atoms with Crippen LogP contribution in [-0.4, -0.2) is 19.9 Å². The molecule has 6 heteroatoms. The zero-order valence-electron chi connectivity index (χ0n) is 8.15. The van der Waals surface area contributed by atoms with Crippen LogP contribution in [0.1, 0.15) is 11.3 Å². The second-order valence-corrected chi connectivity index (χ2v) is 4.29. The van der Waals surface area contributed by atoms with Crippen LogP contribution in [0.4, 0.5) is 0 Å². The molecule has 78 valence electrons. The standard InChI is InChI=1S/C9H8IN3O2/c1-4-7(10)6-5(2)11-3-12-8(6)13(15)9(4)14/h3,15H,1-2H3. The molecule has 0 fully saturated rings. The molecule has 0 radical (unpaired) electrons. The first-order valence-electron chi connectivity index (χ1n) is 4.25. The zero-order chi connectivity index (χ0) is 11.2. The molecule has 0 aliphatic heterocycles. The molecule has 0 saturated heterocycles. The van der Waals surface area contributed by atoms with Gasteiger partial charge in [0.15, 0.2) is 5.65 Å². The van der Waals surface area contributed by atoms with E-state index in [0.717, 1.165) is 14.7 Å². The largest absolute Gasteiger partial charge is 0.423 e. The summed E-state index contributed by atoms with van der Waals surface area (Å²) in [6.45, 7) is 3.48. The lowest BCUT2D eigenvalue weighted by Crippen LogP contribution is -2.23. The predicted molar refractivity (Wildman–Crippen MR) is 63.2 cm³/mol. The molecule has 0 amide bonds. The number of aryl methyl sites for hydroxylation is 1. The van der Waals surface area contributed by atoms with Gasteiger partial charge in [0, 0.05) is 9.13 Å². The van der Waals surface area contributed by atoms with Crippen LogP contribution in [0.3, 0.4) is 0 Å². The highest BCUT2D eigenvalue weighted by atomic mass is 127. The fourth-order valence-corrected chi connectivity index (χ4v) is 2.28. The third kappa shape index (κ3) is 1.39. The van der Waals surface area contributed by atoms with Crippen LogP contribution in [0, 0.1) is 17.4 Å². The molecule has 15 heavy (non-hydrogen) atoms. The summed E-state index contributed by atoms with van der Waals surface area (Å²) < 4.78 is 1.36. The average Bonchev–Trinajstić information content (AvgIpc) is 2.23. The van der Waals surface area contributed by atoms with Crippen molar-refractivity contribution < 1.29 is 5.21 Å². The maximum Gasteiger partial charge on any atom is 0.288 e. The third-order valence-electron chi connectivity index (χ3n) is 2.28. The van der Waals surface area contributed by atoms with Gasteiger partial charge >= 0.3 is 0 Å². The van der Waals surface area contributed by atoms with Crippen molar-refractivity contribution in [2.24, 2.45) is 0 Å². The van der Waals surface area contributed by atoms with E-state index in [1.165, 1.54) is 6.33 Å². The summed E-state index contributed by atoms with van der Waals surface area (Å²) in [5, 5.41) is 10.3. The van der Waals surface area contributed by atoms with E-state index >= 15 is 0 Å². The van der Waals surface area contributed by atoms with Gasteiger partial charge in [0.25, 0.3) is 5.56 Å². The first-order chi connectivity index (χ1) is 7.04. The Kier molecular flexibility index (Phi) is 2.37. The summed E-state index contributed by atoms with van der Waals surface area (Å²) in [5.74, 6) is 0. The number of hydrogen-bond donors (Lipinski definition) is 1. The SMILES string of the molecule is Cc1c(I)c2c(C)ncnc2n(O)c1=O. The summed E-state index contributed by atoms with van der Waals surface area (Å²) in [7, 11) is 0. The lowest BCUT2D eigenvalue weighted by Gasteiger charge is -2.08. The van der Waals surface area contributed by atoms with Gasteiger partial charge in [-0.2, -0.15) is 0 Å². The minimum Gasteiger partial charge on any atom is -0.423 e. The van der Waals surface area contributed by atoms with Crippen LogP contribution < -0.4 is 5.56 Å². The molecule has 0 aliphatic rings. The lowest BCUT2D eigenvalue weighted by molar-refractivity contribution is 0.185. The fourth-order valence-electron chi connectivity index (χ4n) is 1.42. The molecule has 2 aromatic heterocycles. The van der Waals surface area contributed by atoms with Crippen molar-refractivity contribution >= 4 is 33.6 Å². The Morgan fingerprint density at radius 2 is 2.07 bits per heavy atom. The normalized spacial score (nSPS) is 10.9. The number of nitrogens with zero attached hydrogens (tertiary/aromatic N) is 3. The second kappa shape index (κ2) is 3.44. The van der Waals surface area contributed by atoms with Crippen molar-refractivity contribution in [3.05, 3.63) is 31.5 Å². The van der Waals surface area contributed by atoms with Gasteiger partial charge in [-0.3, -0.25) is 4.79 Å². The monoisotopic (exact) mass is 317 g/mol. The van der Waals surface area contributed by atoms with Gasteiger partial charge in [0.2, 0.25) is 0 Å². The first-order valence-corrected chi connectivity index (χ1v) is 5.33. The first kappa shape index (κ1) is 10.3. The van der Waals surface area contributed by atoms with Crippen molar-refractivity contribution in [1.82, 2.24) is 14.7 Å². The van der Waals surface area contributed by atoms with Gasteiger partial charge in [-0.25, -0.2) is 9.97 Å². The third-order valence-corrected chi connectivity index (χ3v) is 3.63. The molecular weight excluding hydrogens is 309 g/mol. The van der Waals surface area contributed by atoms with E-state index in [1.54, 1.807) is 6.92 Å². The zero-order valence-corrected chi connectivity index (χ0v) is 10.3. The molecule has 5 nitrogen and oxygen atoms in total. The van der Waals surface area contributed by atoms with E-state index in [0.29, 0.717) is 10.3 Å². The smallest absolute Gasteiger partial charge is 0.288 e. The molecule has 0 aliphatic carbocycles. The molecular formula is C9H8IN3O2. The van der Waals surface area contributed by atoms with Crippen molar-refractivity contribution in [2.75, 3.05) is 0 Å². The molecule has 0 saturated carbocycles. The van der Waals surface area contributed by atoms with E-state index in [2.05, 4.69) is 32.6 Å². The summed E-state index contributed by atoms with van der Waals surface area (Å²) in [6, 6.07) is 0. The molecule has 0 atom stereocenters. The van der Waals surface area contributed by atoms with Crippen molar-refractivity contribution in [1.29, 1.82) is 0 Å². The molecule has 0 unspecified atom stereocenters. The quantitative estimate of drug-likeness (QED) is 0.586. The van der Waals surface area contributed by atoms with Gasteiger partial charge in [0.1, 0.15) is 6.33 Å². The van der Waals surface area contributed by atoms with Crippen molar-refractivity contribution in [3.63, 3.8) is 0 Å². The number of hydrogen-bond acceptors (Lipinski definition) is 4. The van der Waals surface area contributed by atoms with E-state index < -0.39 is 5.56 Å². The number of pyridine rings is 1. The topological polar surface area (TPSA) is 68.0 Å². The van der Waals surface area contributed by atoms with Crippen LogP contribution in [0.15, 0.2) is 11.1 Å². The Labute approximate surface area is 98.9 Å². The van der Waals surface area contributed by atoms with E-state index in [4.69, 9.17) is 0 Å². The number of rotatable bonds is 0. The molecule has 1 N–H and O–H groups in total. The van der Waals surface area contributed by atoms with Crippen molar-refractivity contribution in [2.45, 2.75) is 13.8 Å². The summed E-state index contributed by atoms with van der Waals surface area (Å²) in [6.07, 6.45) is 1.33. The highest BCUT2D eigenvalue weighted by Crippen LogP contribution is 2.21. The molecule has 0 aromatic carbocycles. The summed E-state index contributed by atoms with van der Waals surface area (Å²) in [5.41, 5.74) is 1.06. The minimum absolute atomic E-state index is 0.252. The highest BCUT2D eigenvalue weighted by molar-refractivity contribution is 14.1. The van der Waals surface area contributed by atoms with Crippen molar-refractivity contribution in [3.8, 4) is 0 Å². The van der Waals surface area contributed by atoms with Crippen LogP contribution >= 0.6 is 22.6 Å². The molecule has 2 aromatic rings. The lowest BCUT2D eigenvalue weighted by atomic mass is 10.2. The van der Waals surface area contributed by atoms with Gasteiger partial charge in [-0.1, -0.05) is 0 Å². The van der Waals surface area contributed by atoms with Crippen LogP contribution in [-0.2, 0) is 0 Å². The Morgan fingerprint density at radius 1 is 1.40 bits per heavy atom. The second-order valence-electron chi connectivity index (χ2n) is 3.21. The van der Waals surface area contributed by atoms with E-state index in [9.17, 15) is 10.0 Å². The van der Waals surface area contributed by atoms with E-state index in [-0.39, 0.29) is 5.65 Å². The number of fused-ring (bicyclic) bond motifs is 1. The molecule has 0 spiro atoms. The Morgan fingerprint density at radius 3 is 2.73 bits per heavy atom. The van der Waals surface area contributed by atoms with Gasteiger partial charge in [-0.05, 0) is 36.4 Å². The van der Waals surface area contributed by atoms with Crippen LogP contribution in [0.25, 0.3) is 11.0 Å². The van der Waals surface area contributed by atoms with Crippen LogP contribution in [0.2, 0.25) is 0 Å². The Hall–Kier alpha value is -1.18. The molecule has 2 rings (SSSR count). The molecule has 2 heterocycles. The maximum absolute atomic E-state index is 11.6. The average molecular weight is 317 g/mol. The van der Waals surface area contributed by atoms with Gasteiger partial charge in [-0.15, -0.1) is 4.73 Å². The Bertz CT molecular complexity index is 606. The number of halogens is 1.